The van der Waals surface area contributed by atoms with Gasteiger partial charge in [0.15, 0.2) is 11.5 Å². The largest absolute Gasteiger partial charge is 0.493 e. The van der Waals surface area contributed by atoms with E-state index in [2.05, 4.69) is 14.9 Å². The van der Waals surface area contributed by atoms with Crippen molar-refractivity contribution in [2.24, 2.45) is 0 Å². The minimum absolute atomic E-state index is 0.187. The molecule has 0 bridgehead atoms. The Morgan fingerprint density at radius 2 is 1.62 bits per heavy atom. The molecule has 0 radical (unpaired) electrons. The summed E-state index contributed by atoms with van der Waals surface area (Å²) in [4.78, 5) is 17.5. The molecule has 0 unspecified atom stereocenters. The van der Waals surface area contributed by atoms with Gasteiger partial charge in [-0.1, -0.05) is 18.2 Å². The monoisotopic (exact) mass is 431 g/mol. The molecule has 0 aliphatic carbocycles. The predicted molar refractivity (Wildman–Crippen MR) is 123 cm³/mol. The second kappa shape index (κ2) is 9.01. The molecular formula is C25H25N3O4. The first-order valence-corrected chi connectivity index (χ1v) is 10.2. The summed E-state index contributed by atoms with van der Waals surface area (Å²) in [5.41, 5.74) is 4.13. The quantitative estimate of drug-likeness (QED) is 0.473. The Morgan fingerprint density at radius 3 is 2.25 bits per heavy atom. The van der Waals surface area contributed by atoms with E-state index in [1.165, 1.54) is 0 Å². The third-order valence-electron chi connectivity index (χ3n) is 5.28. The first-order valence-electron chi connectivity index (χ1n) is 10.2. The maximum absolute atomic E-state index is 12.8. The molecule has 1 aromatic heterocycles. The van der Waals surface area contributed by atoms with E-state index in [1.54, 1.807) is 21.3 Å². The smallest absolute Gasteiger partial charge is 0.251 e. The van der Waals surface area contributed by atoms with Crippen molar-refractivity contribution in [3.05, 3.63) is 77.6 Å². The highest BCUT2D eigenvalue weighted by molar-refractivity contribution is 5.97. The number of carbonyl (C=O) groups excluding carboxylic acids is 1. The Morgan fingerprint density at radius 1 is 0.938 bits per heavy atom. The number of imidazole rings is 1. The number of aromatic nitrogens is 2. The average molecular weight is 431 g/mol. The number of methoxy groups -OCH3 is 3. The molecule has 0 atom stereocenters. The van der Waals surface area contributed by atoms with Crippen LogP contribution in [-0.4, -0.2) is 36.8 Å². The number of nitrogens with one attached hydrogen (secondary N) is 1. The molecule has 4 rings (SSSR count). The van der Waals surface area contributed by atoms with Crippen LogP contribution in [0.25, 0.3) is 16.7 Å². The lowest BCUT2D eigenvalue weighted by molar-refractivity contribution is 0.0951. The highest BCUT2D eigenvalue weighted by atomic mass is 16.5. The molecule has 1 amide bonds. The molecule has 0 fully saturated rings. The Kier molecular flexibility index (Phi) is 5.98. The van der Waals surface area contributed by atoms with Crippen LogP contribution in [0.3, 0.4) is 0 Å². The Labute approximate surface area is 186 Å². The predicted octanol–water partition coefficient (Wildman–Crippen LogP) is 4.29. The van der Waals surface area contributed by atoms with Gasteiger partial charge in [-0.15, -0.1) is 0 Å². The number of amides is 1. The molecule has 0 aliphatic rings. The van der Waals surface area contributed by atoms with Gasteiger partial charge in [0.25, 0.3) is 5.91 Å². The second-order valence-corrected chi connectivity index (χ2v) is 7.25. The maximum atomic E-state index is 12.8. The molecule has 1 heterocycles. The summed E-state index contributed by atoms with van der Waals surface area (Å²) < 4.78 is 18.2. The van der Waals surface area contributed by atoms with Gasteiger partial charge in [-0.25, -0.2) is 4.98 Å². The van der Waals surface area contributed by atoms with E-state index in [0.717, 1.165) is 28.1 Å². The van der Waals surface area contributed by atoms with Crippen LogP contribution in [0, 0.1) is 6.92 Å². The van der Waals surface area contributed by atoms with Gasteiger partial charge >= 0.3 is 0 Å². The SMILES string of the molecule is COc1cc(CNC(=O)c2ccc3c(c2)nc(C)n3-c2ccccc2)cc(OC)c1OC. The van der Waals surface area contributed by atoms with Gasteiger partial charge in [0.05, 0.1) is 32.4 Å². The topological polar surface area (TPSA) is 74.6 Å². The molecule has 1 N–H and O–H groups in total. The van der Waals surface area contributed by atoms with Crippen molar-refractivity contribution in [2.45, 2.75) is 13.5 Å². The van der Waals surface area contributed by atoms with E-state index < -0.39 is 0 Å². The summed E-state index contributed by atoms with van der Waals surface area (Å²) >= 11 is 0. The molecule has 0 saturated carbocycles. The molecular weight excluding hydrogens is 406 g/mol. The zero-order chi connectivity index (χ0) is 22.7. The van der Waals surface area contributed by atoms with Gasteiger partial charge in [-0.05, 0) is 55.0 Å². The fourth-order valence-electron chi connectivity index (χ4n) is 3.77. The van der Waals surface area contributed by atoms with Gasteiger partial charge in [0, 0.05) is 17.8 Å². The van der Waals surface area contributed by atoms with Crippen LogP contribution < -0.4 is 19.5 Å². The maximum Gasteiger partial charge on any atom is 0.251 e. The number of hydrogen-bond donors (Lipinski definition) is 1. The normalized spacial score (nSPS) is 10.8. The number of carbonyl (C=O) groups is 1. The number of para-hydroxylation sites is 1. The Balaban J connectivity index is 1.56. The van der Waals surface area contributed by atoms with Crippen molar-refractivity contribution < 1.29 is 19.0 Å². The molecule has 32 heavy (non-hydrogen) atoms. The summed E-state index contributed by atoms with van der Waals surface area (Å²) in [6.45, 7) is 2.27. The Hall–Kier alpha value is -4.00. The van der Waals surface area contributed by atoms with Crippen LogP contribution >= 0.6 is 0 Å². The third kappa shape index (κ3) is 3.97. The molecule has 3 aromatic carbocycles. The molecule has 0 saturated heterocycles. The van der Waals surface area contributed by atoms with E-state index in [1.807, 2.05) is 67.6 Å². The summed E-state index contributed by atoms with van der Waals surface area (Å²) in [7, 11) is 4.68. The minimum Gasteiger partial charge on any atom is -0.493 e. The fourth-order valence-corrected chi connectivity index (χ4v) is 3.77. The molecule has 0 aliphatic heterocycles. The van der Waals surface area contributed by atoms with E-state index in [-0.39, 0.29) is 5.91 Å². The van der Waals surface area contributed by atoms with Crippen molar-refractivity contribution >= 4 is 16.9 Å². The van der Waals surface area contributed by atoms with Crippen molar-refractivity contribution in [1.29, 1.82) is 0 Å². The molecule has 7 heteroatoms. The van der Waals surface area contributed by atoms with Crippen LogP contribution in [0.5, 0.6) is 17.2 Å². The lowest BCUT2D eigenvalue weighted by atomic mass is 10.1. The van der Waals surface area contributed by atoms with Crippen LogP contribution in [-0.2, 0) is 6.54 Å². The Bertz CT molecular complexity index is 1240. The van der Waals surface area contributed by atoms with Crippen LogP contribution in [0.1, 0.15) is 21.7 Å². The summed E-state index contributed by atoms with van der Waals surface area (Å²) in [6, 6.07) is 19.2. The highest BCUT2D eigenvalue weighted by Gasteiger charge is 2.15. The van der Waals surface area contributed by atoms with Crippen molar-refractivity contribution in [3.8, 4) is 22.9 Å². The lowest BCUT2D eigenvalue weighted by Gasteiger charge is -2.14. The van der Waals surface area contributed by atoms with E-state index in [9.17, 15) is 4.79 Å². The third-order valence-corrected chi connectivity index (χ3v) is 5.28. The van der Waals surface area contributed by atoms with Crippen molar-refractivity contribution in [1.82, 2.24) is 14.9 Å². The molecule has 4 aromatic rings. The van der Waals surface area contributed by atoms with Gasteiger partial charge in [0.2, 0.25) is 5.75 Å². The van der Waals surface area contributed by atoms with E-state index >= 15 is 0 Å². The van der Waals surface area contributed by atoms with Crippen LogP contribution in [0.2, 0.25) is 0 Å². The number of hydrogen-bond acceptors (Lipinski definition) is 5. The number of nitrogens with zero attached hydrogens (tertiary/aromatic N) is 2. The first kappa shape index (κ1) is 21.2. The number of aryl methyl sites for hydroxylation is 1. The number of fused-ring (bicyclic) bond motifs is 1. The zero-order valence-electron chi connectivity index (χ0n) is 18.5. The fraction of sp³-hybridized carbons (Fsp3) is 0.200. The average Bonchev–Trinajstić information content (AvgIpc) is 3.16. The van der Waals surface area contributed by atoms with Crippen LogP contribution in [0.4, 0.5) is 0 Å². The van der Waals surface area contributed by atoms with Crippen molar-refractivity contribution in [3.63, 3.8) is 0 Å². The molecule has 0 spiro atoms. The number of ether oxygens (including phenoxy) is 3. The minimum atomic E-state index is -0.187. The molecule has 164 valence electrons. The van der Waals surface area contributed by atoms with Gasteiger partial charge in [-0.2, -0.15) is 0 Å². The lowest BCUT2D eigenvalue weighted by Crippen LogP contribution is -2.22. The zero-order valence-corrected chi connectivity index (χ0v) is 18.5. The number of rotatable bonds is 7. The number of benzene rings is 3. The van der Waals surface area contributed by atoms with Crippen molar-refractivity contribution in [2.75, 3.05) is 21.3 Å². The summed E-state index contributed by atoms with van der Waals surface area (Å²) in [6.07, 6.45) is 0. The van der Waals surface area contributed by atoms with Gasteiger partial charge < -0.3 is 19.5 Å². The summed E-state index contributed by atoms with van der Waals surface area (Å²) in [5.74, 6) is 2.27. The van der Waals surface area contributed by atoms with Crippen LogP contribution in [0.15, 0.2) is 60.7 Å². The standard InChI is InChI=1S/C25H25N3O4/c1-16-27-20-14-18(10-11-21(20)28(16)19-8-6-5-7-9-19)25(29)26-15-17-12-22(30-2)24(32-4)23(13-17)31-3/h5-14H,15H2,1-4H3,(H,26,29). The first-order chi connectivity index (χ1) is 15.5. The summed E-state index contributed by atoms with van der Waals surface area (Å²) in [5, 5.41) is 2.95. The highest BCUT2D eigenvalue weighted by Crippen LogP contribution is 2.38. The second-order valence-electron chi connectivity index (χ2n) is 7.25. The molecule has 7 nitrogen and oxygen atoms in total. The van der Waals surface area contributed by atoms with E-state index in [4.69, 9.17) is 14.2 Å². The van der Waals surface area contributed by atoms with Gasteiger partial charge in [0.1, 0.15) is 5.82 Å². The van der Waals surface area contributed by atoms with E-state index in [0.29, 0.717) is 29.4 Å². The van der Waals surface area contributed by atoms with Gasteiger partial charge in [-0.3, -0.25) is 9.36 Å².